The van der Waals surface area contributed by atoms with E-state index < -0.39 is 0 Å². The van der Waals surface area contributed by atoms with Crippen molar-refractivity contribution in [3.05, 3.63) is 59.2 Å². The SMILES string of the molecule is O=C(NCc1cccc2c1OCO2)C1Cc2ccccc2CN1. The molecule has 0 aliphatic carbocycles. The second kappa shape index (κ2) is 5.93. The summed E-state index contributed by atoms with van der Waals surface area (Å²) < 4.78 is 10.8. The second-order valence-corrected chi connectivity index (χ2v) is 5.78. The minimum absolute atomic E-state index is 0.0102. The van der Waals surface area contributed by atoms with E-state index >= 15 is 0 Å². The Labute approximate surface area is 134 Å². The number of hydrogen-bond donors (Lipinski definition) is 2. The maximum absolute atomic E-state index is 12.4. The monoisotopic (exact) mass is 310 g/mol. The van der Waals surface area contributed by atoms with Crippen molar-refractivity contribution >= 4 is 5.91 Å². The molecule has 4 rings (SSSR count). The summed E-state index contributed by atoms with van der Waals surface area (Å²) in [6.45, 7) is 1.40. The Morgan fingerprint density at radius 2 is 2.00 bits per heavy atom. The lowest BCUT2D eigenvalue weighted by molar-refractivity contribution is -0.123. The van der Waals surface area contributed by atoms with Gasteiger partial charge in [-0.05, 0) is 23.6 Å². The molecule has 2 aromatic carbocycles. The molecule has 23 heavy (non-hydrogen) atoms. The lowest BCUT2D eigenvalue weighted by atomic mass is 9.95. The summed E-state index contributed by atoms with van der Waals surface area (Å²) in [7, 11) is 0. The molecule has 0 saturated heterocycles. The van der Waals surface area contributed by atoms with Crippen molar-refractivity contribution in [3.8, 4) is 11.5 Å². The zero-order valence-corrected chi connectivity index (χ0v) is 12.7. The number of benzene rings is 2. The summed E-state index contributed by atoms with van der Waals surface area (Å²) in [6, 6.07) is 13.8. The molecule has 118 valence electrons. The van der Waals surface area contributed by atoms with Crippen LogP contribution >= 0.6 is 0 Å². The molecule has 0 fully saturated rings. The van der Waals surface area contributed by atoms with E-state index in [1.165, 1.54) is 11.1 Å². The first-order chi connectivity index (χ1) is 11.3. The van der Waals surface area contributed by atoms with Gasteiger partial charge in [-0.1, -0.05) is 36.4 Å². The fourth-order valence-corrected chi connectivity index (χ4v) is 3.08. The highest BCUT2D eigenvalue weighted by Gasteiger charge is 2.24. The van der Waals surface area contributed by atoms with Gasteiger partial charge in [-0.15, -0.1) is 0 Å². The Kier molecular flexibility index (Phi) is 3.63. The third-order valence-electron chi connectivity index (χ3n) is 4.33. The number of para-hydroxylation sites is 1. The first-order valence-electron chi connectivity index (χ1n) is 7.76. The number of hydrogen-bond acceptors (Lipinski definition) is 4. The van der Waals surface area contributed by atoms with Crippen molar-refractivity contribution < 1.29 is 14.3 Å². The van der Waals surface area contributed by atoms with Crippen LogP contribution in [0.5, 0.6) is 11.5 Å². The summed E-state index contributed by atoms with van der Waals surface area (Å²) in [5.41, 5.74) is 3.44. The van der Waals surface area contributed by atoms with E-state index in [1.54, 1.807) is 0 Å². The Bertz CT molecular complexity index is 745. The van der Waals surface area contributed by atoms with E-state index in [4.69, 9.17) is 9.47 Å². The third-order valence-corrected chi connectivity index (χ3v) is 4.33. The highest BCUT2D eigenvalue weighted by Crippen LogP contribution is 2.35. The zero-order valence-electron chi connectivity index (χ0n) is 12.7. The first-order valence-corrected chi connectivity index (χ1v) is 7.76. The van der Waals surface area contributed by atoms with E-state index in [-0.39, 0.29) is 18.7 Å². The van der Waals surface area contributed by atoms with Crippen LogP contribution in [0.4, 0.5) is 0 Å². The predicted molar refractivity (Wildman–Crippen MR) is 85.2 cm³/mol. The van der Waals surface area contributed by atoms with Crippen molar-refractivity contribution in [2.75, 3.05) is 6.79 Å². The van der Waals surface area contributed by atoms with Gasteiger partial charge in [-0.2, -0.15) is 0 Å². The van der Waals surface area contributed by atoms with Gasteiger partial charge in [0, 0.05) is 18.7 Å². The number of nitrogens with one attached hydrogen (secondary N) is 2. The van der Waals surface area contributed by atoms with Gasteiger partial charge in [0.25, 0.3) is 0 Å². The molecule has 2 aromatic rings. The van der Waals surface area contributed by atoms with Crippen LogP contribution in [0.2, 0.25) is 0 Å². The van der Waals surface area contributed by atoms with Gasteiger partial charge < -0.3 is 20.1 Å². The lowest BCUT2D eigenvalue weighted by Gasteiger charge is -2.25. The van der Waals surface area contributed by atoms with Gasteiger partial charge >= 0.3 is 0 Å². The average molecular weight is 310 g/mol. The highest BCUT2D eigenvalue weighted by atomic mass is 16.7. The van der Waals surface area contributed by atoms with Crippen LogP contribution in [0, 0.1) is 0 Å². The predicted octanol–water partition coefficient (Wildman–Crippen LogP) is 1.75. The molecule has 5 nitrogen and oxygen atoms in total. The number of carbonyl (C=O) groups excluding carboxylic acids is 1. The van der Waals surface area contributed by atoms with Crippen LogP contribution in [0.1, 0.15) is 16.7 Å². The van der Waals surface area contributed by atoms with Crippen molar-refractivity contribution in [2.24, 2.45) is 0 Å². The highest BCUT2D eigenvalue weighted by molar-refractivity contribution is 5.82. The molecule has 5 heteroatoms. The first kappa shape index (κ1) is 14.1. The molecule has 2 heterocycles. The quantitative estimate of drug-likeness (QED) is 0.907. The van der Waals surface area contributed by atoms with E-state index in [2.05, 4.69) is 22.8 Å². The summed E-state index contributed by atoms with van der Waals surface area (Å²) in [5.74, 6) is 1.48. The smallest absolute Gasteiger partial charge is 0.237 e. The van der Waals surface area contributed by atoms with Crippen LogP contribution in [0.25, 0.3) is 0 Å². The van der Waals surface area contributed by atoms with E-state index in [1.807, 2.05) is 30.3 Å². The number of fused-ring (bicyclic) bond motifs is 2. The summed E-state index contributed by atoms with van der Waals surface area (Å²) in [5, 5.41) is 6.29. The summed E-state index contributed by atoms with van der Waals surface area (Å²) >= 11 is 0. The largest absolute Gasteiger partial charge is 0.454 e. The molecule has 1 atom stereocenters. The maximum Gasteiger partial charge on any atom is 0.237 e. The van der Waals surface area contributed by atoms with Gasteiger partial charge in [0.1, 0.15) is 0 Å². The van der Waals surface area contributed by atoms with Gasteiger partial charge in [0.05, 0.1) is 6.04 Å². The third kappa shape index (κ3) is 2.75. The van der Waals surface area contributed by atoms with Crippen LogP contribution in [-0.4, -0.2) is 18.7 Å². The molecular weight excluding hydrogens is 292 g/mol. The number of carbonyl (C=O) groups is 1. The molecule has 0 saturated carbocycles. The fraction of sp³-hybridized carbons (Fsp3) is 0.278. The zero-order chi connectivity index (χ0) is 15.6. The number of ether oxygens (including phenoxy) is 2. The summed E-state index contributed by atoms with van der Waals surface area (Å²) in [6.07, 6.45) is 0.717. The number of rotatable bonds is 3. The molecule has 0 aromatic heterocycles. The minimum atomic E-state index is -0.196. The molecule has 0 bridgehead atoms. The van der Waals surface area contributed by atoms with E-state index in [0.717, 1.165) is 23.6 Å². The van der Waals surface area contributed by atoms with Gasteiger partial charge in [-0.25, -0.2) is 0 Å². The second-order valence-electron chi connectivity index (χ2n) is 5.78. The fourth-order valence-electron chi connectivity index (χ4n) is 3.08. The van der Waals surface area contributed by atoms with Crippen molar-refractivity contribution in [2.45, 2.75) is 25.6 Å². The van der Waals surface area contributed by atoms with Gasteiger partial charge in [-0.3, -0.25) is 4.79 Å². The van der Waals surface area contributed by atoms with Crippen molar-refractivity contribution in [1.82, 2.24) is 10.6 Å². The van der Waals surface area contributed by atoms with E-state index in [0.29, 0.717) is 13.0 Å². The van der Waals surface area contributed by atoms with Crippen LogP contribution < -0.4 is 20.1 Å². The Morgan fingerprint density at radius 3 is 2.91 bits per heavy atom. The average Bonchev–Trinajstić information content (AvgIpc) is 3.08. The van der Waals surface area contributed by atoms with Gasteiger partial charge in [0.15, 0.2) is 11.5 Å². The molecular formula is C18H18N2O3. The van der Waals surface area contributed by atoms with Crippen LogP contribution in [0.15, 0.2) is 42.5 Å². The molecule has 2 aliphatic heterocycles. The molecule has 2 aliphatic rings. The van der Waals surface area contributed by atoms with Crippen molar-refractivity contribution in [1.29, 1.82) is 0 Å². The Balaban J connectivity index is 1.41. The number of amides is 1. The van der Waals surface area contributed by atoms with Crippen LogP contribution in [-0.2, 0) is 24.3 Å². The van der Waals surface area contributed by atoms with E-state index in [9.17, 15) is 4.79 Å². The maximum atomic E-state index is 12.4. The summed E-state index contributed by atoms with van der Waals surface area (Å²) in [4.78, 5) is 12.4. The minimum Gasteiger partial charge on any atom is -0.454 e. The Hall–Kier alpha value is -2.53. The molecule has 0 spiro atoms. The Morgan fingerprint density at radius 1 is 1.13 bits per heavy atom. The lowest BCUT2D eigenvalue weighted by Crippen LogP contribution is -2.47. The molecule has 1 unspecified atom stereocenters. The molecule has 0 radical (unpaired) electrons. The van der Waals surface area contributed by atoms with Crippen LogP contribution in [0.3, 0.4) is 0 Å². The van der Waals surface area contributed by atoms with Crippen molar-refractivity contribution in [3.63, 3.8) is 0 Å². The standard InChI is InChI=1S/C18H18N2O3/c21-18(15-8-12-4-1-2-5-13(12)9-19-15)20-10-14-6-3-7-16-17(14)23-11-22-16/h1-7,15,19H,8-11H2,(H,20,21). The van der Waals surface area contributed by atoms with Gasteiger partial charge in [0.2, 0.25) is 12.7 Å². The molecule has 2 N–H and O–H groups in total. The normalized spacial score (nSPS) is 18.3. The topological polar surface area (TPSA) is 59.6 Å². The molecule has 1 amide bonds.